The van der Waals surface area contributed by atoms with Gasteiger partial charge in [0, 0.05) is 13.1 Å². The first-order valence-electron chi connectivity index (χ1n) is 6.42. The van der Waals surface area contributed by atoms with Gasteiger partial charge in [-0.3, -0.25) is 0 Å². The fraction of sp³-hybridized carbons (Fsp3) is 0.600. The first kappa shape index (κ1) is 11.7. The maximum Gasteiger partial charge on any atom is 0.0205 e. The molecule has 1 aromatic carbocycles. The van der Waals surface area contributed by atoms with Crippen LogP contribution in [0.5, 0.6) is 0 Å². The molecule has 0 spiro atoms. The van der Waals surface area contributed by atoms with Crippen LogP contribution in [0, 0.1) is 19.3 Å². The molecule has 0 aromatic heterocycles. The van der Waals surface area contributed by atoms with Crippen LogP contribution < -0.4 is 5.32 Å². The first-order valence-corrected chi connectivity index (χ1v) is 6.42. The zero-order chi connectivity index (χ0) is 11.6. The van der Waals surface area contributed by atoms with E-state index in [4.69, 9.17) is 0 Å². The molecule has 0 radical (unpaired) electrons. The molecule has 0 heterocycles. The second-order valence-electron chi connectivity index (χ2n) is 5.38. The van der Waals surface area contributed by atoms with E-state index in [1.165, 1.54) is 42.5 Å². The van der Waals surface area contributed by atoms with E-state index in [1.807, 2.05) is 0 Å². The third-order valence-electron chi connectivity index (χ3n) is 4.11. The molecule has 1 aromatic rings. The van der Waals surface area contributed by atoms with Crippen molar-refractivity contribution in [2.24, 2.45) is 5.41 Å². The molecule has 1 N–H and O–H groups in total. The highest BCUT2D eigenvalue weighted by molar-refractivity contribution is 5.29. The van der Waals surface area contributed by atoms with Gasteiger partial charge in [-0.25, -0.2) is 0 Å². The number of rotatable bonds is 5. The summed E-state index contributed by atoms with van der Waals surface area (Å²) in [6.45, 7) is 8.88. The van der Waals surface area contributed by atoms with Crippen LogP contribution in [0.1, 0.15) is 42.9 Å². The van der Waals surface area contributed by atoms with Gasteiger partial charge in [-0.15, -0.1) is 0 Å². The van der Waals surface area contributed by atoms with Crippen molar-refractivity contribution in [3.05, 3.63) is 34.9 Å². The van der Waals surface area contributed by atoms with Gasteiger partial charge in [0.05, 0.1) is 0 Å². The number of nitrogens with one attached hydrogen (secondary N) is 1. The van der Waals surface area contributed by atoms with Crippen molar-refractivity contribution in [2.45, 2.75) is 46.6 Å². The standard InChI is InChI=1S/C15H23N/c1-4-15(7-8-15)11-16-10-14-6-5-12(2)13(3)9-14/h5-6,9,16H,4,7-8,10-11H2,1-3H3. The molecule has 2 rings (SSSR count). The molecule has 0 bridgehead atoms. The number of hydrogen-bond acceptors (Lipinski definition) is 1. The van der Waals surface area contributed by atoms with E-state index in [-0.39, 0.29) is 0 Å². The monoisotopic (exact) mass is 217 g/mol. The van der Waals surface area contributed by atoms with Crippen LogP contribution in [0.25, 0.3) is 0 Å². The molecule has 88 valence electrons. The van der Waals surface area contributed by atoms with Crippen molar-refractivity contribution in [1.29, 1.82) is 0 Å². The van der Waals surface area contributed by atoms with Crippen LogP contribution in [-0.4, -0.2) is 6.54 Å². The normalized spacial score (nSPS) is 17.4. The molecule has 0 aliphatic heterocycles. The molecule has 1 aliphatic rings. The summed E-state index contributed by atoms with van der Waals surface area (Å²) in [6, 6.07) is 6.76. The van der Waals surface area contributed by atoms with Crippen molar-refractivity contribution in [3.8, 4) is 0 Å². The Bertz CT molecular complexity index is 364. The summed E-state index contributed by atoms with van der Waals surface area (Å²) in [5, 5.41) is 3.60. The van der Waals surface area contributed by atoms with E-state index in [9.17, 15) is 0 Å². The smallest absolute Gasteiger partial charge is 0.0205 e. The maximum atomic E-state index is 3.60. The molecule has 0 saturated heterocycles. The van der Waals surface area contributed by atoms with Crippen molar-refractivity contribution in [2.75, 3.05) is 6.54 Å². The van der Waals surface area contributed by atoms with Crippen molar-refractivity contribution in [3.63, 3.8) is 0 Å². The summed E-state index contributed by atoms with van der Waals surface area (Å²) in [4.78, 5) is 0. The minimum atomic E-state index is 0.653. The fourth-order valence-corrected chi connectivity index (χ4v) is 2.22. The van der Waals surface area contributed by atoms with E-state index in [2.05, 4.69) is 44.3 Å². The fourth-order valence-electron chi connectivity index (χ4n) is 2.22. The lowest BCUT2D eigenvalue weighted by molar-refractivity contribution is 0.443. The average molecular weight is 217 g/mol. The largest absolute Gasteiger partial charge is 0.312 e. The third kappa shape index (κ3) is 2.65. The van der Waals surface area contributed by atoms with Crippen molar-refractivity contribution >= 4 is 0 Å². The zero-order valence-electron chi connectivity index (χ0n) is 10.8. The van der Waals surface area contributed by atoms with Gasteiger partial charge in [-0.1, -0.05) is 25.1 Å². The number of hydrogen-bond donors (Lipinski definition) is 1. The maximum absolute atomic E-state index is 3.60. The molecule has 0 amide bonds. The lowest BCUT2D eigenvalue weighted by atomic mass is 10.0. The Labute approximate surface area is 99.3 Å². The van der Waals surface area contributed by atoms with Crippen LogP contribution in [0.4, 0.5) is 0 Å². The Hall–Kier alpha value is -0.820. The summed E-state index contributed by atoms with van der Waals surface area (Å²) in [7, 11) is 0. The zero-order valence-corrected chi connectivity index (χ0v) is 10.8. The van der Waals surface area contributed by atoms with Crippen LogP contribution in [0.2, 0.25) is 0 Å². The van der Waals surface area contributed by atoms with Gasteiger partial charge in [0.1, 0.15) is 0 Å². The Morgan fingerprint density at radius 3 is 2.50 bits per heavy atom. The van der Waals surface area contributed by atoms with Crippen LogP contribution in [-0.2, 0) is 6.54 Å². The van der Waals surface area contributed by atoms with Gasteiger partial charge in [0.15, 0.2) is 0 Å². The molecule has 0 unspecified atom stereocenters. The molecule has 1 saturated carbocycles. The number of benzene rings is 1. The SMILES string of the molecule is CCC1(CNCc2ccc(C)c(C)c2)CC1. The summed E-state index contributed by atoms with van der Waals surface area (Å²) in [5.74, 6) is 0. The molecule has 16 heavy (non-hydrogen) atoms. The highest BCUT2D eigenvalue weighted by atomic mass is 14.9. The third-order valence-corrected chi connectivity index (χ3v) is 4.11. The Kier molecular flexibility index (Phi) is 3.34. The van der Waals surface area contributed by atoms with Crippen LogP contribution in [0.3, 0.4) is 0 Å². The van der Waals surface area contributed by atoms with Gasteiger partial charge >= 0.3 is 0 Å². The Morgan fingerprint density at radius 2 is 1.94 bits per heavy atom. The second kappa shape index (κ2) is 4.58. The van der Waals surface area contributed by atoms with E-state index in [1.54, 1.807) is 0 Å². The van der Waals surface area contributed by atoms with Gasteiger partial charge < -0.3 is 5.32 Å². The van der Waals surface area contributed by atoms with E-state index in [0.29, 0.717) is 5.41 Å². The van der Waals surface area contributed by atoms with E-state index in [0.717, 1.165) is 6.54 Å². The lowest BCUT2D eigenvalue weighted by Crippen LogP contribution is -2.23. The second-order valence-corrected chi connectivity index (χ2v) is 5.38. The quantitative estimate of drug-likeness (QED) is 0.795. The van der Waals surface area contributed by atoms with Gasteiger partial charge in [-0.2, -0.15) is 0 Å². The summed E-state index contributed by atoms with van der Waals surface area (Å²) >= 11 is 0. The molecular formula is C15H23N. The summed E-state index contributed by atoms with van der Waals surface area (Å²) in [6.07, 6.45) is 4.17. The topological polar surface area (TPSA) is 12.0 Å². The van der Waals surface area contributed by atoms with E-state index < -0.39 is 0 Å². The summed E-state index contributed by atoms with van der Waals surface area (Å²) < 4.78 is 0. The first-order chi connectivity index (χ1) is 7.65. The van der Waals surface area contributed by atoms with Gasteiger partial charge in [0.25, 0.3) is 0 Å². The highest BCUT2D eigenvalue weighted by Crippen LogP contribution is 2.47. The summed E-state index contributed by atoms with van der Waals surface area (Å²) in [5.41, 5.74) is 4.85. The Morgan fingerprint density at radius 1 is 1.19 bits per heavy atom. The van der Waals surface area contributed by atoms with E-state index >= 15 is 0 Å². The lowest BCUT2D eigenvalue weighted by Gasteiger charge is -2.13. The van der Waals surface area contributed by atoms with Gasteiger partial charge in [-0.05, 0) is 55.2 Å². The molecule has 0 atom stereocenters. The predicted octanol–water partition coefficient (Wildman–Crippen LogP) is 3.58. The van der Waals surface area contributed by atoms with Crippen LogP contribution in [0.15, 0.2) is 18.2 Å². The van der Waals surface area contributed by atoms with Crippen LogP contribution >= 0.6 is 0 Å². The minimum absolute atomic E-state index is 0.653. The molecule has 1 heteroatoms. The Balaban J connectivity index is 1.83. The number of aryl methyl sites for hydroxylation is 2. The molecule has 1 aliphatic carbocycles. The molecular weight excluding hydrogens is 194 g/mol. The van der Waals surface area contributed by atoms with Gasteiger partial charge in [0.2, 0.25) is 0 Å². The average Bonchev–Trinajstić information content (AvgIpc) is 3.04. The van der Waals surface area contributed by atoms with Crippen molar-refractivity contribution < 1.29 is 0 Å². The molecule has 1 fully saturated rings. The van der Waals surface area contributed by atoms with Crippen molar-refractivity contribution in [1.82, 2.24) is 5.32 Å². The minimum Gasteiger partial charge on any atom is -0.312 e. The predicted molar refractivity (Wildman–Crippen MR) is 69.6 cm³/mol. The highest BCUT2D eigenvalue weighted by Gasteiger charge is 2.39. The molecule has 1 nitrogen and oxygen atoms in total.